The third kappa shape index (κ3) is 3.10. The van der Waals surface area contributed by atoms with Gasteiger partial charge in [-0.05, 0) is 49.4 Å². The molecule has 2 rings (SSSR count). The van der Waals surface area contributed by atoms with Crippen molar-refractivity contribution in [3.63, 3.8) is 0 Å². The SMILES string of the molecule is CC(NCc1cc(Cl)ccc1Cl)C1CC1. The highest BCUT2D eigenvalue weighted by Gasteiger charge is 2.27. The van der Waals surface area contributed by atoms with Crippen LogP contribution in [0.1, 0.15) is 25.3 Å². The fourth-order valence-electron chi connectivity index (χ4n) is 1.71. The summed E-state index contributed by atoms with van der Waals surface area (Å²) >= 11 is 12.0. The second kappa shape index (κ2) is 4.73. The quantitative estimate of drug-likeness (QED) is 0.847. The molecule has 1 N–H and O–H groups in total. The van der Waals surface area contributed by atoms with Crippen LogP contribution in [-0.4, -0.2) is 6.04 Å². The van der Waals surface area contributed by atoms with Crippen LogP contribution in [0.4, 0.5) is 0 Å². The van der Waals surface area contributed by atoms with Crippen LogP contribution in [0.5, 0.6) is 0 Å². The second-order valence-electron chi connectivity index (χ2n) is 4.24. The predicted molar refractivity (Wildman–Crippen MR) is 65.5 cm³/mol. The number of hydrogen-bond acceptors (Lipinski definition) is 1. The van der Waals surface area contributed by atoms with E-state index in [1.54, 1.807) is 0 Å². The topological polar surface area (TPSA) is 12.0 Å². The summed E-state index contributed by atoms with van der Waals surface area (Å²) in [6.07, 6.45) is 2.72. The molecule has 1 saturated carbocycles. The molecule has 3 heteroatoms. The average Bonchev–Trinajstić information content (AvgIpc) is 3.02. The summed E-state index contributed by atoms with van der Waals surface area (Å²) in [6, 6.07) is 6.18. The minimum absolute atomic E-state index is 0.583. The Labute approximate surface area is 101 Å². The van der Waals surface area contributed by atoms with Crippen LogP contribution in [0.15, 0.2) is 18.2 Å². The Morgan fingerprint density at radius 1 is 1.40 bits per heavy atom. The lowest BCUT2D eigenvalue weighted by atomic mass is 10.2. The van der Waals surface area contributed by atoms with E-state index in [4.69, 9.17) is 23.2 Å². The zero-order valence-electron chi connectivity index (χ0n) is 8.76. The van der Waals surface area contributed by atoms with Crippen molar-refractivity contribution in [3.05, 3.63) is 33.8 Å². The van der Waals surface area contributed by atoms with Gasteiger partial charge in [-0.25, -0.2) is 0 Å². The molecule has 1 nitrogen and oxygen atoms in total. The van der Waals surface area contributed by atoms with Gasteiger partial charge >= 0.3 is 0 Å². The number of rotatable bonds is 4. The molecule has 0 aromatic heterocycles. The van der Waals surface area contributed by atoms with Crippen LogP contribution in [0.3, 0.4) is 0 Å². The van der Waals surface area contributed by atoms with Crippen molar-refractivity contribution >= 4 is 23.2 Å². The Morgan fingerprint density at radius 2 is 2.13 bits per heavy atom. The summed E-state index contributed by atoms with van der Waals surface area (Å²) < 4.78 is 0. The third-order valence-corrected chi connectivity index (χ3v) is 3.56. The van der Waals surface area contributed by atoms with Crippen molar-refractivity contribution in [2.75, 3.05) is 0 Å². The summed E-state index contributed by atoms with van der Waals surface area (Å²) in [4.78, 5) is 0. The molecule has 1 aliphatic carbocycles. The molecule has 0 radical (unpaired) electrons. The Kier molecular flexibility index (Phi) is 3.55. The molecule has 0 saturated heterocycles. The minimum Gasteiger partial charge on any atom is -0.310 e. The molecule has 1 unspecified atom stereocenters. The number of hydrogen-bond donors (Lipinski definition) is 1. The average molecular weight is 244 g/mol. The van der Waals surface area contributed by atoms with Crippen LogP contribution in [0.25, 0.3) is 0 Å². The van der Waals surface area contributed by atoms with Crippen molar-refractivity contribution < 1.29 is 0 Å². The van der Waals surface area contributed by atoms with Crippen LogP contribution in [-0.2, 0) is 6.54 Å². The van der Waals surface area contributed by atoms with Gasteiger partial charge in [-0.1, -0.05) is 23.2 Å². The van der Waals surface area contributed by atoms with Gasteiger partial charge in [0.25, 0.3) is 0 Å². The normalized spacial score (nSPS) is 17.8. The Morgan fingerprint density at radius 3 is 2.80 bits per heavy atom. The fraction of sp³-hybridized carbons (Fsp3) is 0.500. The van der Waals surface area contributed by atoms with Crippen molar-refractivity contribution in [2.24, 2.45) is 5.92 Å². The number of halogens is 2. The Hall–Kier alpha value is -0.240. The van der Waals surface area contributed by atoms with Crippen LogP contribution in [0, 0.1) is 5.92 Å². The zero-order valence-corrected chi connectivity index (χ0v) is 10.3. The summed E-state index contributed by atoms with van der Waals surface area (Å²) in [5.74, 6) is 0.864. The van der Waals surface area contributed by atoms with E-state index in [1.807, 2.05) is 18.2 Å². The van der Waals surface area contributed by atoms with Gasteiger partial charge in [0, 0.05) is 22.6 Å². The van der Waals surface area contributed by atoms with E-state index in [2.05, 4.69) is 12.2 Å². The maximum atomic E-state index is 6.08. The minimum atomic E-state index is 0.583. The summed E-state index contributed by atoms with van der Waals surface area (Å²) in [5, 5.41) is 5.02. The van der Waals surface area contributed by atoms with E-state index in [0.717, 1.165) is 28.1 Å². The lowest BCUT2D eigenvalue weighted by Gasteiger charge is -2.13. The first-order chi connectivity index (χ1) is 7.16. The second-order valence-corrected chi connectivity index (χ2v) is 5.09. The summed E-state index contributed by atoms with van der Waals surface area (Å²) in [7, 11) is 0. The Balaban J connectivity index is 1.94. The smallest absolute Gasteiger partial charge is 0.0451 e. The molecule has 1 aromatic rings. The molecule has 0 aliphatic heterocycles. The molecule has 0 amide bonds. The van der Waals surface area contributed by atoms with E-state index in [-0.39, 0.29) is 0 Å². The van der Waals surface area contributed by atoms with E-state index >= 15 is 0 Å². The highest BCUT2D eigenvalue weighted by molar-refractivity contribution is 6.33. The lowest BCUT2D eigenvalue weighted by Crippen LogP contribution is -2.27. The zero-order chi connectivity index (χ0) is 10.8. The highest BCUT2D eigenvalue weighted by Crippen LogP contribution is 2.32. The van der Waals surface area contributed by atoms with Crippen molar-refractivity contribution in [1.29, 1.82) is 0 Å². The maximum absolute atomic E-state index is 6.08. The molecular formula is C12H15Cl2N. The predicted octanol–water partition coefficient (Wildman–Crippen LogP) is 3.88. The van der Waals surface area contributed by atoms with Gasteiger partial charge in [0.1, 0.15) is 0 Å². The van der Waals surface area contributed by atoms with Crippen molar-refractivity contribution in [3.8, 4) is 0 Å². The van der Waals surface area contributed by atoms with Gasteiger partial charge in [-0.15, -0.1) is 0 Å². The molecule has 0 spiro atoms. The summed E-state index contributed by atoms with van der Waals surface area (Å²) in [5.41, 5.74) is 1.08. The van der Waals surface area contributed by atoms with Gasteiger partial charge in [0.05, 0.1) is 0 Å². The molecule has 1 aliphatic rings. The molecule has 15 heavy (non-hydrogen) atoms. The first-order valence-electron chi connectivity index (χ1n) is 5.34. The van der Waals surface area contributed by atoms with Gasteiger partial charge in [0.2, 0.25) is 0 Å². The van der Waals surface area contributed by atoms with Crippen LogP contribution >= 0.6 is 23.2 Å². The van der Waals surface area contributed by atoms with Crippen LogP contribution in [0.2, 0.25) is 10.0 Å². The molecule has 0 bridgehead atoms. The Bertz CT molecular complexity index is 347. The number of nitrogens with one attached hydrogen (secondary N) is 1. The van der Waals surface area contributed by atoms with Crippen molar-refractivity contribution in [2.45, 2.75) is 32.4 Å². The molecule has 1 aromatic carbocycles. The van der Waals surface area contributed by atoms with Gasteiger partial charge in [-0.3, -0.25) is 0 Å². The first-order valence-corrected chi connectivity index (χ1v) is 6.09. The lowest BCUT2D eigenvalue weighted by molar-refractivity contribution is 0.496. The number of benzene rings is 1. The van der Waals surface area contributed by atoms with Gasteiger partial charge in [-0.2, -0.15) is 0 Å². The fourth-order valence-corrected chi connectivity index (χ4v) is 2.09. The van der Waals surface area contributed by atoms with Gasteiger partial charge in [0.15, 0.2) is 0 Å². The maximum Gasteiger partial charge on any atom is 0.0451 e. The molecular weight excluding hydrogens is 229 g/mol. The third-order valence-electron chi connectivity index (χ3n) is 2.95. The first kappa shape index (κ1) is 11.3. The molecule has 0 heterocycles. The standard InChI is InChI=1S/C12H15Cl2N/c1-8(9-2-3-9)15-7-10-6-11(13)4-5-12(10)14/h4-6,8-9,15H,2-3,7H2,1H3. The van der Waals surface area contributed by atoms with E-state index in [0.29, 0.717) is 6.04 Å². The van der Waals surface area contributed by atoms with E-state index in [1.165, 1.54) is 12.8 Å². The summed E-state index contributed by atoms with van der Waals surface area (Å²) in [6.45, 7) is 3.03. The molecule has 1 fully saturated rings. The van der Waals surface area contributed by atoms with Crippen molar-refractivity contribution in [1.82, 2.24) is 5.32 Å². The highest BCUT2D eigenvalue weighted by atomic mass is 35.5. The largest absolute Gasteiger partial charge is 0.310 e. The van der Waals surface area contributed by atoms with Crippen LogP contribution < -0.4 is 5.32 Å². The molecule has 82 valence electrons. The van der Waals surface area contributed by atoms with E-state index < -0.39 is 0 Å². The molecule has 1 atom stereocenters. The van der Waals surface area contributed by atoms with Gasteiger partial charge < -0.3 is 5.32 Å². The monoisotopic (exact) mass is 243 g/mol. The van der Waals surface area contributed by atoms with E-state index in [9.17, 15) is 0 Å².